The summed E-state index contributed by atoms with van der Waals surface area (Å²) < 4.78 is 28.6. The summed E-state index contributed by atoms with van der Waals surface area (Å²) in [5.41, 5.74) is -0.341. The lowest BCUT2D eigenvalue weighted by Crippen LogP contribution is -2.09. The third-order valence-corrected chi connectivity index (χ3v) is 2.40. The molecule has 0 saturated heterocycles. The van der Waals surface area contributed by atoms with Crippen molar-refractivity contribution in [2.24, 2.45) is 7.05 Å². The molecule has 1 aromatic heterocycles. The first-order chi connectivity index (χ1) is 8.61. The molecule has 0 spiro atoms. The fourth-order valence-electron chi connectivity index (χ4n) is 1.45. The van der Waals surface area contributed by atoms with E-state index in [9.17, 15) is 8.78 Å². The molecule has 0 bridgehead atoms. The summed E-state index contributed by atoms with van der Waals surface area (Å²) in [5.74, 6) is -1.08. The standard InChI is InChI=1S/C11H9F2N5/c1-18-10(16-6-17-18)5-15-11-8(12)2-7(4-14)3-9(11)13/h2-3,6,15H,5H2,1H3. The molecule has 0 saturated carbocycles. The van der Waals surface area contributed by atoms with E-state index in [2.05, 4.69) is 15.4 Å². The number of aryl methyl sites for hydroxylation is 1. The molecule has 0 aliphatic carbocycles. The average Bonchev–Trinajstić information content (AvgIpc) is 2.73. The van der Waals surface area contributed by atoms with Gasteiger partial charge in [0.2, 0.25) is 0 Å². The Labute approximate surface area is 102 Å². The van der Waals surface area contributed by atoms with Crippen LogP contribution >= 0.6 is 0 Å². The normalized spacial score (nSPS) is 10.1. The highest BCUT2D eigenvalue weighted by molar-refractivity contribution is 5.50. The average molecular weight is 249 g/mol. The molecule has 0 radical (unpaired) electrons. The Morgan fingerprint density at radius 1 is 1.39 bits per heavy atom. The van der Waals surface area contributed by atoms with Gasteiger partial charge in [-0.05, 0) is 12.1 Å². The first kappa shape index (κ1) is 12.0. The van der Waals surface area contributed by atoms with Crippen LogP contribution in [0.5, 0.6) is 0 Å². The zero-order valence-corrected chi connectivity index (χ0v) is 9.48. The predicted octanol–water partition coefficient (Wildman–Crippen LogP) is 1.58. The molecule has 5 nitrogen and oxygen atoms in total. The van der Waals surface area contributed by atoms with E-state index in [1.54, 1.807) is 13.1 Å². The minimum absolute atomic E-state index is 0.0609. The molecule has 2 rings (SSSR count). The second kappa shape index (κ2) is 4.79. The zero-order valence-electron chi connectivity index (χ0n) is 9.48. The fourth-order valence-corrected chi connectivity index (χ4v) is 1.45. The lowest BCUT2D eigenvalue weighted by molar-refractivity contribution is 0.585. The molecule has 0 aliphatic rings. The summed E-state index contributed by atoms with van der Waals surface area (Å²) in [4.78, 5) is 3.92. The molecule has 0 amide bonds. The van der Waals surface area contributed by atoms with Gasteiger partial charge in [-0.25, -0.2) is 13.8 Å². The Kier molecular flexibility index (Phi) is 3.19. The highest BCUT2D eigenvalue weighted by atomic mass is 19.1. The summed E-state index contributed by atoms with van der Waals surface area (Å²) in [6.45, 7) is 0.135. The Hall–Kier alpha value is -2.49. The second-order valence-corrected chi connectivity index (χ2v) is 3.58. The second-order valence-electron chi connectivity index (χ2n) is 3.58. The molecule has 1 heterocycles. The maximum absolute atomic E-state index is 13.5. The van der Waals surface area contributed by atoms with Gasteiger partial charge in [-0.15, -0.1) is 0 Å². The summed E-state index contributed by atoms with van der Waals surface area (Å²) in [6.07, 6.45) is 1.35. The predicted molar refractivity (Wildman–Crippen MR) is 59.4 cm³/mol. The summed E-state index contributed by atoms with van der Waals surface area (Å²) >= 11 is 0. The van der Waals surface area contributed by atoms with Crippen molar-refractivity contribution in [3.8, 4) is 6.07 Å². The molecule has 92 valence electrons. The zero-order chi connectivity index (χ0) is 13.1. The Morgan fingerprint density at radius 2 is 2.06 bits per heavy atom. The van der Waals surface area contributed by atoms with Crippen LogP contribution in [0.2, 0.25) is 0 Å². The first-order valence-corrected chi connectivity index (χ1v) is 5.07. The van der Waals surface area contributed by atoms with Crippen LogP contribution in [-0.2, 0) is 13.6 Å². The molecule has 2 aromatic rings. The van der Waals surface area contributed by atoms with Crippen molar-refractivity contribution in [1.82, 2.24) is 14.8 Å². The molecule has 7 heteroatoms. The molecule has 18 heavy (non-hydrogen) atoms. The van der Waals surface area contributed by atoms with Gasteiger partial charge < -0.3 is 5.32 Å². The number of nitrogens with one attached hydrogen (secondary N) is 1. The lowest BCUT2D eigenvalue weighted by atomic mass is 10.2. The van der Waals surface area contributed by atoms with E-state index in [4.69, 9.17) is 5.26 Å². The SMILES string of the molecule is Cn1ncnc1CNc1c(F)cc(C#N)cc1F. The van der Waals surface area contributed by atoms with Gasteiger partial charge in [-0.3, -0.25) is 4.68 Å². The fraction of sp³-hybridized carbons (Fsp3) is 0.182. The number of hydrogen-bond donors (Lipinski definition) is 1. The van der Waals surface area contributed by atoms with E-state index in [0.717, 1.165) is 12.1 Å². The monoisotopic (exact) mass is 249 g/mol. The van der Waals surface area contributed by atoms with Crippen LogP contribution in [0.3, 0.4) is 0 Å². The highest BCUT2D eigenvalue weighted by Crippen LogP contribution is 2.20. The van der Waals surface area contributed by atoms with Gasteiger partial charge in [0, 0.05) is 7.05 Å². The van der Waals surface area contributed by atoms with E-state index in [1.165, 1.54) is 11.0 Å². The largest absolute Gasteiger partial charge is 0.373 e. The van der Waals surface area contributed by atoms with Crippen LogP contribution in [-0.4, -0.2) is 14.8 Å². The van der Waals surface area contributed by atoms with Gasteiger partial charge in [0.25, 0.3) is 0 Å². The van der Waals surface area contributed by atoms with E-state index in [0.29, 0.717) is 5.82 Å². The van der Waals surface area contributed by atoms with Crippen LogP contribution in [0.1, 0.15) is 11.4 Å². The van der Waals surface area contributed by atoms with Crippen molar-refractivity contribution in [3.05, 3.63) is 41.5 Å². The van der Waals surface area contributed by atoms with Gasteiger partial charge in [0.15, 0.2) is 11.6 Å². The third kappa shape index (κ3) is 2.27. The number of halogens is 2. The molecular formula is C11H9F2N5. The number of nitriles is 1. The highest BCUT2D eigenvalue weighted by Gasteiger charge is 2.11. The summed E-state index contributed by atoms with van der Waals surface area (Å²) in [5, 5.41) is 15.0. The molecule has 0 unspecified atom stereocenters. The Morgan fingerprint density at radius 3 is 2.56 bits per heavy atom. The summed E-state index contributed by atoms with van der Waals surface area (Å²) in [6, 6.07) is 3.63. The molecule has 1 aromatic carbocycles. The maximum atomic E-state index is 13.5. The lowest BCUT2D eigenvalue weighted by Gasteiger charge is -2.08. The maximum Gasteiger partial charge on any atom is 0.150 e. The van der Waals surface area contributed by atoms with Gasteiger partial charge in [-0.2, -0.15) is 10.4 Å². The summed E-state index contributed by atoms with van der Waals surface area (Å²) in [7, 11) is 1.68. The van der Waals surface area contributed by atoms with Gasteiger partial charge >= 0.3 is 0 Å². The number of nitrogens with zero attached hydrogens (tertiary/aromatic N) is 4. The number of aromatic nitrogens is 3. The Balaban J connectivity index is 2.20. The van der Waals surface area contributed by atoms with Crippen molar-refractivity contribution < 1.29 is 8.78 Å². The number of rotatable bonds is 3. The topological polar surface area (TPSA) is 66.5 Å². The van der Waals surface area contributed by atoms with E-state index in [1.807, 2.05) is 0 Å². The van der Waals surface area contributed by atoms with Gasteiger partial charge in [-0.1, -0.05) is 0 Å². The molecule has 0 aliphatic heterocycles. The van der Waals surface area contributed by atoms with Crippen molar-refractivity contribution in [3.63, 3.8) is 0 Å². The molecule has 0 atom stereocenters. The van der Waals surface area contributed by atoms with Crippen LogP contribution in [0.15, 0.2) is 18.5 Å². The first-order valence-electron chi connectivity index (χ1n) is 5.07. The van der Waals surface area contributed by atoms with Crippen LogP contribution in [0, 0.1) is 23.0 Å². The smallest absolute Gasteiger partial charge is 0.150 e. The number of anilines is 1. The quantitative estimate of drug-likeness (QED) is 0.896. The van der Waals surface area contributed by atoms with Crippen LogP contribution < -0.4 is 5.32 Å². The minimum Gasteiger partial charge on any atom is -0.373 e. The van der Waals surface area contributed by atoms with Crippen molar-refractivity contribution >= 4 is 5.69 Å². The van der Waals surface area contributed by atoms with Crippen molar-refractivity contribution in [1.29, 1.82) is 5.26 Å². The van der Waals surface area contributed by atoms with E-state index >= 15 is 0 Å². The van der Waals surface area contributed by atoms with Gasteiger partial charge in [0.05, 0.1) is 18.2 Å². The third-order valence-electron chi connectivity index (χ3n) is 2.40. The number of hydrogen-bond acceptors (Lipinski definition) is 4. The van der Waals surface area contributed by atoms with Crippen molar-refractivity contribution in [2.75, 3.05) is 5.32 Å². The van der Waals surface area contributed by atoms with Crippen LogP contribution in [0.4, 0.5) is 14.5 Å². The molecule has 0 fully saturated rings. The number of benzene rings is 1. The minimum atomic E-state index is -0.811. The van der Waals surface area contributed by atoms with Crippen LogP contribution in [0.25, 0.3) is 0 Å². The Bertz CT molecular complexity index is 591. The van der Waals surface area contributed by atoms with Crippen molar-refractivity contribution in [2.45, 2.75) is 6.54 Å². The van der Waals surface area contributed by atoms with Gasteiger partial charge in [0.1, 0.15) is 17.8 Å². The molecular weight excluding hydrogens is 240 g/mol. The van der Waals surface area contributed by atoms with E-state index < -0.39 is 11.6 Å². The van der Waals surface area contributed by atoms with E-state index in [-0.39, 0.29) is 17.8 Å². The molecule has 1 N–H and O–H groups in total.